The molecule has 0 aromatic carbocycles. The zero-order valence-corrected chi connectivity index (χ0v) is 40.7. The van der Waals surface area contributed by atoms with Crippen molar-refractivity contribution in [3.63, 3.8) is 0 Å². The van der Waals surface area contributed by atoms with Crippen molar-refractivity contribution >= 4 is 17.9 Å². The number of hydrogen-bond donors (Lipinski definition) is 0. The maximum absolute atomic E-state index is 12.8. The largest absolute Gasteiger partial charge is 0.462 e. The molecule has 0 aromatic heterocycles. The van der Waals surface area contributed by atoms with Crippen molar-refractivity contribution in [2.75, 3.05) is 13.2 Å². The number of carbonyl (C=O) groups is 3. The minimum Gasteiger partial charge on any atom is -0.462 e. The number of esters is 3. The van der Waals surface area contributed by atoms with Gasteiger partial charge in [-0.2, -0.15) is 0 Å². The smallest absolute Gasteiger partial charge is 0.306 e. The summed E-state index contributed by atoms with van der Waals surface area (Å²) in [6, 6.07) is 0. The first kappa shape index (κ1) is 59.6. The molecule has 0 amide bonds. The summed E-state index contributed by atoms with van der Waals surface area (Å²) in [6.45, 7) is 6.23. The number of carbonyl (C=O) groups excluding carboxylic acids is 3. The van der Waals surface area contributed by atoms with E-state index in [2.05, 4.69) is 39.0 Å². The molecule has 0 aliphatic rings. The zero-order chi connectivity index (χ0) is 46.5. The Morgan fingerprint density at radius 3 is 1.02 bits per heavy atom. The average molecular weight is 883 g/mol. The molecular formula is C58H90O6. The van der Waals surface area contributed by atoms with Gasteiger partial charge < -0.3 is 14.2 Å². The summed E-state index contributed by atoms with van der Waals surface area (Å²) in [4.78, 5) is 37.9. The molecule has 358 valence electrons. The molecule has 1 unspecified atom stereocenters. The topological polar surface area (TPSA) is 78.9 Å². The summed E-state index contributed by atoms with van der Waals surface area (Å²) in [5.41, 5.74) is 0. The quantitative estimate of drug-likeness (QED) is 0.0263. The van der Waals surface area contributed by atoms with Crippen molar-refractivity contribution in [3.05, 3.63) is 134 Å². The van der Waals surface area contributed by atoms with Gasteiger partial charge in [-0.25, -0.2) is 0 Å². The first-order chi connectivity index (χ1) is 31.5. The lowest BCUT2D eigenvalue weighted by atomic mass is 10.0. The second kappa shape index (κ2) is 51.2. The van der Waals surface area contributed by atoms with Crippen LogP contribution < -0.4 is 0 Å². The molecule has 0 saturated carbocycles. The van der Waals surface area contributed by atoms with E-state index < -0.39 is 6.10 Å². The van der Waals surface area contributed by atoms with Crippen molar-refractivity contribution in [3.8, 4) is 0 Å². The third kappa shape index (κ3) is 48.6. The Labute approximate surface area is 392 Å². The molecule has 0 heterocycles. The number of ether oxygens (including phenoxy) is 3. The molecule has 0 rings (SSSR count). The molecule has 0 fully saturated rings. The Balaban J connectivity index is 4.58. The molecule has 64 heavy (non-hydrogen) atoms. The predicted octanol–water partition coefficient (Wildman–Crippen LogP) is 16.7. The molecule has 0 radical (unpaired) electrons. The Hall–Kier alpha value is -4.45. The highest BCUT2D eigenvalue weighted by atomic mass is 16.6. The van der Waals surface area contributed by atoms with E-state index in [4.69, 9.17) is 14.2 Å². The van der Waals surface area contributed by atoms with Gasteiger partial charge in [-0.1, -0.05) is 257 Å². The van der Waals surface area contributed by atoms with E-state index >= 15 is 0 Å². The Bertz CT molecular complexity index is 1430. The second-order valence-corrected chi connectivity index (χ2v) is 16.2. The molecular weight excluding hydrogens is 793 g/mol. The number of allylic oxidation sites excluding steroid dienone is 22. The van der Waals surface area contributed by atoms with Crippen LogP contribution in [0.25, 0.3) is 0 Å². The van der Waals surface area contributed by atoms with Gasteiger partial charge in [-0.3, -0.25) is 14.4 Å². The fourth-order valence-corrected chi connectivity index (χ4v) is 6.44. The Kier molecular flexibility index (Phi) is 47.6. The Morgan fingerprint density at radius 1 is 0.328 bits per heavy atom. The molecule has 6 nitrogen and oxygen atoms in total. The summed E-state index contributed by atoms with van der Waals surface area (Å²) < 4.78 is 16.7. The van der Waals surface area contributed by atoms with Crippen LogP contribution in [0.5, 0.6) is 0 Å². The summed E-state index contributed by atoms with van der Waals surface area (Å²) >= 11 is 0. The van der Waals surface area contributed by atoms with Gasteiger partial charge in [0.05, 0.1) is 0 Å². The normalized spacial score (nSPS) is 13.2. The first-order valence-corrected chi connectivity index (χ1v) is 25.3. The molecule has 0 aromatic rings. The third-order valence-corrected chi connectivity index (χ3v) is 10.2. The molecule has 1 atom stereocenters. The van der Waals surface area contributed by atoms with E-state index in [0.717, 1.165) is 57.8 Å². The number of hydrogen-bond acceptors (Lipinski definition) is 6. The molecule has 0 N–H and O–H groups in total. The van der Waals surface area contributed by atoms with E-state index in [1.54, 1.807) is 0 Å². The van der Waals surface area contributed by atoms with Crippen LogP contribution in [0, 0.1) is 0 Å². The molecule has 0 bridgehead atoms. The molecule has 0 spiro atoms. The average Bonchev–Trinajstić information content (AvgIpc) is 3.29. The SMILES string of the molecule is CC\C=C/C=C\C=C/C=C\C=C/CCCC(=O)OCC(COC(=O)CCCCC\C=C/C=C/C=C\C=C/C=C\C=C/CC)OC(=O)CCCCCCCCCCCCCCCCCC. The monoisotopic (exact) mass is 883 g/mol. The second-order valence-electron chi connectivity index (χ2n) is 16.2. The molecule has 0 aliphatic heterocycles. The minimum atomic E-state index is -0.828. The van der Waals surface area contributed by atoms with E-state index in [1.807, 2.05) is 115 Å². The molecule has 6 heteroatoms. The van der Waals surface area contributed by atoms with Crippen molar-refractivity contribution in [2.24, 2.45) is 0 Å². The highest BCUT2D eigenvalue weighted by Gasteiger charge is 2.19. The zero-order valence-electron chi connectivity index (χ0n) is 40.7. The van der Waals surface area contributed by atoms with Gasteiger partial charge in [0.25, 0.3) is 0 Å². The molecule has 0 aliphatic carbocycles. The van der Waals surface area contributed by atoms with Crippen LogP contribution in [-0.4, -0.2) is 37.2 Å². The van der Waals surface area contributed by atoms with Crippen LogP contribution in [-0.2, 0) is 28.6 Å². The van der Waals surface area contributed by atoms with E-state index in [0.29, 0.717) is 25.7 Å². The van der Waals surface area contributed by atoms with Crippen LogP contribution in [0.15, 0.2) is 134 Å². The standard InChI is InChI=1S/C58H90O6/c1-4-7-10-13-16-19-22-25-27-29-31-33-36-39-42-45-48-51-57(60)63-54-55(53-62-56(59)50-47-44-41-38-35-32-24-21-18-15-12-9-6-3)64-58(61)52-49-46-43-40-37-34-30-28-26-23-20-17-14-11-8-5-2/h7,9-10,12-13,15-16,18-19,21-22,24-25,27,29,31-33,35-36,38,41,55H,4-6,8,11,14,17,20,23,26,28,30,34,37,39-40,42-54H2,1-3H3/b10-7-,12-9-,16-13-,18-15-,22-19-,24-21-,27-25-,31-29+,35-32-,36-33-,41-38-. The fraction of sp³-hybridized carbons (Fsp3) is 0.569. The lowest BCUT2D eigenvalue weighted by Gasteiger charge is -2.18. The summed E-state index contributed by atoms with van der Waals surface area (Å²) in [5.74, 6) is -1.05. The van der Waals surface area contributed by atoms with E-state index in [9.17, 15) is 14.4 Å². The molecule has 0 saturated heterocycles. The first-order valence-electron chi connectivity index (χ1n) is 25.3. The van der Waals surface area contributed by atoms with Gasteiger partial charge in [-0.05, 0) is 51.4 Å². The summed E-state index contributed by atoms with van der Waals surface area (Å²) in [7, 11) is 0. The van der Waals surface area contributed by atoms with Gasteiger partial charge in [-0.15, -0.1) is 0 Å². The lowest BCUT2D eigenvalue weighted by molar-refractivity contribution is -0.167. The fourth-order valence-electron chi connectivity index (χ4n) is 6.44. The van der Waals surface area contributed by atoms with Crippen molar-refractivity contribution in [2.45, 2.75) is 200 Å². The van der Waals surface area contributed by atoms with Gasteiger partial charge in [0.15, 0.2) is 6.10 Å². The lowest BCUT2D eigenvalue weighted by Crippen LogP contribution is -2.30. The van der Waals surface area contributed by atoms with Crippen LogP contribution >= 0.6 is 0 Å². The van der Waals surface area contributed by atoms with E-state index in [-0.39, 0.29) is 37.5 Å². The van der Waals surface area contributed by atoms with Gasteiger partial charge in [0.2, 0.25) is 0 Å². The van der Waals surface area contributed by atoms with Crippen LogP contribution in [0.1, 0.15) is 194 Å². The van der Waals surface area contributed by atoms with Crippen LogP contribution in [0.4, 0.5) is 0 Å². The predicted molar refractivity (Wildman–Crippen MR) is 274 cm³/mol. The van der Waals surface area contributed by atoms with Crippen LogP contribution in [0.3, 0.4) is 0 Å². The number of rotatable bonds is 43. The van der Waals surface area contributed by atoms with E-state index in [1.165, 1.54) is 83.5 Å². The maximum Gasteiger partial charge on any atom is 0.306 e. The van der Waals surface area contributed by atoms with Crippen LogP contribution in [0.2, 0.25) is 0 Å². The number of unbranched alkanes of at least 4 members (excludes halogenated alkanes) is 19. The minimum absolute atomic E-state index is 0.127. The third-order valence-electron chi connectivity index (χ3n) is 10.2. The van der Waals surface area contributed by atoms with Gasteiger partial charge in [0.1, 0.15) is 13.2 Å². The highest BCUT2D eigenvalue weighted by molar-refractivity contribution is 5.71. The van der Waals surface area contributed by atoms with Gasteiger partial charge >= 0.3 is 17.9 Å². The van der Waals surface area contributed by atoms with Gasteiger partial charge in [0, 0.05) is 19.3 Å². The Morgan fingerprint density at radius 2 is 0.625 bits per heavy atom. The van der Waals surface area contributed by atoms with Crippen molar-refractivity contribution in [1.29, 1.82) is 0 Å². The summed E-state index contributed by atoms with van der Waals surface area (Å²) in [6.07, 6.45) is 71.5. The van der Waals surface area contributed by atoms with Crippen molar-refractivity contribution < 1.29 is 28.6 Å². The van der Waals surface area contributed by atoms with Crippen molar-refractivity contribution in [1.82, 2.24) is 0 Å². The highest BCUT2D eigenvalue weighted by Crippen LogP contribution is 2.15. The maximum atomic E-state index is 12.8. The summed E-state index contributed by atoms with van der Waals surface area (Å²) in [5, 5.41) is 0.